The van der Waals surface area contributed by atoms with Gasteiger partial charge in [-0.25, -0.2) is 4.79 Å². The number of carbonyl (C=O) groups is 2. The first kappa shape index (κ1) is 18.1. The topological polar surface area (TPSA) is 52.6 Å². The molecule has 4 rings (SSSR count). The maximum Gasteiger partial charge on any atom is 0.335 e. The Balaban J connectivity index is 1.93. The van der Waals surface area contributed by atoms with Crippen LogP contribution < -0.4 is 4.74 Å². The lowest BCUT2D eigenvalue weighted by Gasteiger charge is -2.31. The van der Waals surface area contributed by atoms with E-state index in [1.807, 2.05) is 18.2 Å². The van der Waals surface area contributed by atoms with Crippen molar-refractivity contribution >= 4 is 35.1 Å². The number of hydrogen-bond acceptors (Lipinski definition) is 4. The van der Waals surface area contributed by atoms with E-state index in [2.05, 4.69) is 0 Å². The van der Waals surface area contributed by atoms with Crippen molar-refractivity contribution in [3.63, 3.8) is 0 Å². The van der Waals surface area contributed by atoms with Crippen LogP contribution in [0.1, 0.15) is 30.4 Å². The van der Waals surface area contributed by atoms with Gasteiger partial charge in [0, 0.05) is 11.5 Å². The Morgan fingerprint density at radius 1 is 1.22 bits per heavy atom. The fourth-order valence-corrected chi connectivity index (χ4v) is 4.39. The van der Waals surface area contributed by atoms with Gasteiger partial charge in [-0.1, -0.05) is 53.5 Å². The number of carbonyl (C=O) groups excluding carboxylic acids is 2. The molecule has 27 heavy (non-hydrogen) atoms. The summed E-state index contributed by atoms with van der Waals surface area (Å²) in [6.45, 7) is 1.96. The molecule has 0 radical (unpaired) electrons. The zero-order valence-corrected chi connectivity index (χ0v) is 16.0. The van der Waals surface area contributed by atoms with Crippen LogP contribution in [0.15, 0.2) is 54.1 Å². The fourth-order valence-electron chi connectivity index (χ4n) is 4.09. The Morgan fingerprint density at radius 2 is 2.00 bits per heavy atom. The summed E-state index contributed by atoms with van der Waals surface area (Å²) in [5.41, 5.74) is 0.548. The van der Waals surface area contributed by atoms with Gasteiger partial charge in [-0.3, -0.25) is 4.79 Å². The number of para-hydroxylation sites is 1. The van der Waals surface area contributed by atoms with Gasteiger partial charge in [0.1, 0.15) is 11.2 Å². The first-order valence-electron chi connectivity index (χ1n) is 8.64. The highest BCUT2D eigenvalue weighted by molar-refractivity contribution is 6.42. The van der Waals surface area contributed by atoms with Crippen LogP contribution in [0.4, 0.5) is 0 Å². The van der Waals surface area contributed by atoms with E-state index < -0.39 is 17.4 Å². The quantitative estimate of drug-likeness (QED) is 0.544. The van der Waals surface area contributed by atoms with Crippen molar-refractivity contribution in [3.8, 4) is 5.75 Å². The lowest BCUT2D eigenvalue weighted by Crippen LogP contribution is -2.41. The van der Waals surface area contributed by atoms with E-state index in [-0.39, 0.29) is 12.5 Å². The molecule has 1 aliphatic heterocycles. The number of halogens is 2. The molecule has 1 heterocycles. The maximum absolute atomic E-state index is 13.2. The van der Waals surface area contributed by atoms with Crippen LogP contribution in [0, 0.1) is 0 Å². The van der Waals surface area contributed by atoms with Crippen molar-refractivity contribution in [2.45, 2.75) is 24.7 Å². The van der Waals surface area contributed by atoms with Crippen LogP contribution in [0.5, 0.6) is 5.75 Å². The van der Waals surface area contributed by atoms with E-state index >= 15 is 0 Å². The molecule has 0 bridgehead atoms. The van der Waals surface area contributed by atoms with Gasteiger partial charge in [0.2, 0.25) is 0 Å². The lowest BCUT2D eigenvalue weighted by molar-refractivity contribution is -0.144. The van der Waals surface area contributed by atoms with E-state index in [1.54, 1.807) is 37.3 Å². The SMILES string of the molecule is CCOC(=O)C1=CC[C@H](c2ccc(Cl)c(Cl)c2)[C@@]12C(=O)Oc1ccccc12. The summed E-state index contributed by atoms with van der Waals surface area (Å²) < 4.78 is 10.8. The molecule has 0 fully saturated rings. The predicted molar refractivity (Wildman–Crippen MR) is 102 cm³/mol. The van der Waals surface area contributed by atoms with Gasteiger partial charge in [-0.05, 0) is 37.1 Å². The number of allylic oxidation sites excluding steroid dienone is 1. The minimum absolute atomic E-state index is 0.223. The van der Waals surface area contributed by atoms with Gasteiger partial charge in [0.05, 0.1) is 22.2 Å². The van der Waals surface area contributed by atoms with Crippen LogP contribution in [-0.2, 0) is 19.7 Å². The normalized spacial score (nSPS) is 23.1. The molecular formula is C21H16Cl2O4. The van der Waals surface area contributed by atoms with Gasteiger partial charge >= 0.3 is 11.9 Å². The molecule has 0 N–H and O–H groups in total. The van der Waals surface area contributed by atoms with E-state index in [9.17, 15) is 9.59 Å². The highest BCUT2D eigenvalue weighted by atomic mass is 35.5. The number of esters is 2. The molecule has 6 heteroatoms. The number of rotatable bonds is 3. The van der Waals surface area contributed by atoms with Gasteiger partial charge in [-0.2, -0.15) is 0 Å². The molecule has 2 atom stereocenters. The molecule has 4 nitrogen and oxygen atoms in total. The van der Waals surface area contributed by atoms with Gasteiger partial charge in [-0.15, -0.1) is 0 Å². The van der Waals surface area contributed by atoms with Gasteiger partial charge in [0.25, 0.3) is 0 Å². The largest absolute Gasteiger partial charge is 0.463 e. The van der Waals surface area contributed by atoms with Crippen molar-refractivity contribution in [2.24, 2.45) is 0 Å². The molecule has 0 saturated heterocycles. The van der Waals surface area contributed by atoms with Crippen molar-refractivity contribution < 1.29 is 19.1 Å². The van der Waals surface area contributed by atoms with Crippen LogP contribution in [-0.4, -0.2) is 18.5 Å². The standard InChI is InChI=1S/C21H16Cl2O4/c1-2-26-19(24)15-9-8-13(12-7-10-16(22)17(23)11-12)21(15)14-5-3-4-6-18(14)27-20(21)25/h3-7,9-11,13H,2,8H2,1H3/t13-,21+/m1/s1. The van der Waals surface area contributed by atoms with Crippen LogP contribution >= 0.6 is 23.2 Å². The first-order chi connectivity index (χ1) is 13.0. The van der Waals surface area contributed by atoms with Crippen molar-refractivity contribution in [3.05, 3.63) is 75.3 Å². The number of ether oxygens (including phenoxy) is 2. The number of benzene rings is 2. The molecule has 138 valence electrons. The smallest absolute Gasteiger partial charge is 0.335 e. The van der Waals surface area contributed by atoms with E-state index in [4.69, 9.17) is 32.7 Å². The molecule has 1 spiro atoms. The summed E-state index contributed by atoms with van der Waals surface area (Å²) in [6, 6.07) is 12.4. The lowest BCUT2D eigenvalue weighted by atomic mass is 9.67. The molecule has 2 aromatic carbocycles. The predicted octanol–water partition coefficient (Wildman–Crippen LogP) is 4.83. The third-order valence-corrected chi connectivity index (χ3v) is 5.92. The summed E-state index contributed by atoms with van der Waals surface area (Å²) in [6.07, 6.45) is 2.25. The number of hydrogen-bond donors (Lipinski definition) is 0. The second-order valence-corrected chi connectivity index (χ2v) is 7.31. The Morgan fingerprint density at radius 3 is 2.74 bits per heavy atom. The van der Waals surface area contributed by atoms with Gasteiger partial charge in [0.15, 0.2) is 0 Å². The zero-order valence-electron chi connectivity index (χ0n) is 14.5. The van der Waals surface area contributed by atoms with Crippen molar-refractivity contribution in [2.75, 3.05) is 6.61 Å². The second-order valence-electron chi connectivity index (χ2n) is 6.49. The van der Waals surface area contributed by atoms with Crippen LogP contribution in [0.25, 0.3) is 0 Å². The molecule has 0 aromatic heterocycles. The minimum atomic E-state index is -1.25. The Kier molecular flexibility index (Phi) is 4.49. The van der Waals surface area contributed by atoms with E-state index in [0.29, 0.717) is 33.4 Å². The molecular weight excluding hydrogens is 387 g/mol. The van der Waals surface area contributed by atoms with Crippen LogP contribution in [0.3, 0.4) is 0 Å². The Labute approximate surface area is 166 Å². The maximum atomic E-state index is 13.2. The Bertz CT molecular complexity index is 982. The minimum Gasteiger partial charge on any atom is -0.463 e. The first-order valence-corrected chi connectivity index (χ1v) is 9.40. The molecule has 2 aliphatic rings. The zero-order chi connectivity index (χ0) is 19.2. The average molecular weight is 403 g/mol. The van der Waals surface area contributed by atoms with Crippen molar-refractivity contribution in [1.82, 2.24) is 0 Å². The van der Waals surface area contributed by atoms with Crippen LogP contribution in [0.2, 0.25) is 10.0 Å². The fraction of sp³-hybridized carbons (Fsp3) is 0.238. The number of fused-ring (bicyclic) bond motifs is 2. The highest BCUT2D eigenvalue weighted by Gasteiger charge is 2.61. The van der Waals surface area contributed by atoms with Crippen molar-refractivity contribution in [1.29, 1.82) is 0 Å². The summed E-state index contributed by atoms with van der Waals surface area (Å²) >= 11 is 12.3. The summed E-state index contributed by atoms with van der Waals surface area (Å²) in [5, 5.41) is 0.828. The summed E-state index contributed by atoms with van der Waals surface area (Å²) in [5.74, 6) is -0.863. The molecule has 0 unspecified atom stereocenters. The molecule has 0 saturated carbocycles. The monoisotopic (exact) mass is 402 g/mol. The third-order valence-electron chi connectivity index (χ3n) is 5.18. The van der Waals surface area contributed by atoms with Gasteiger partial charge < -0.3 is 9.47 Å². The highest BCUT2D eigenvalue weighted by Crippen LogP contribution is 2.58. The molecule has 0 amide bonds. The summed E-state index contributed by atoms with van der Waals surface area (Å²) in [7, 11) is 0. The average Bonchev–Trinajstić information content (AvgIpc) is 3.18. The second kappa shape index (κ2) is 6.70. The van der Waals surface area contributed by atoms with E-state index in [1.165, 1.54) is 0 Å². The molecule has 2 aromatic rings. The Hall–Kier alpha value is -2.30. The summed E-state index contributed by atoms with van der Waals surface area (Å²) in [4.78, 5) is 25.9. The molecule has 1 aliphatic carbocycles. The van der Waals surface area contributed by atoms with E-state index in [0.717, 1.165) is 5.56 Å². The third kappa shape index (κ3) is 2.59.